The summed E-state index contributed by atoms with van der Waals surface area (Å²) in [5, 5.41) is 8.23. The van der Waals surface area contributed by atoms with Crippen LogP contribution in [0.4, 0.5) is 4.39 Å². The lowest BCUT2D eigenvalue weighted by molar-refractivity contribution is 0.628. The summed E-state index contributed by atoms with van der Waals surface area (Å²) in [7, 11) is 0. The van der Waals surface area contributed by atoms with E-state index < -0.39 is 0 Å². The second-order valence-electron chi connectivity index (χ2n) is 7.68. The number of pyridine rings is 2. The number of fused-ring (bicyclic) bond motifs is 2. The van der Waals surface area contributed by atoms with Crippen LogP contribution in [0.3, 0.4) is 0 Å². The van der Waals surface area contributed by atoms with E-state index >= 15 is 0 Å². The summed E-state index contributed by atoms with van der Waals surface area (Å²) in [5.41, 5.74) is 7.19. The largest absolute Gasteiger partial charge is 0.335 e. The van der Waals surface area contributed by atoms with Gasteiger partial charge in [-0.25, -0.2) is 19.3 Å². The zero-order chi connectivity index (χ0) is 22.9. The second kappa shape index (κ2) is 8.27. The predicted molar refractivity (Wildman–Crippen MR) is 130 cm³/mol. The number of halogens is 1. The molecule has 0 atom stereocenters. The summed E-state index contributed by atoms with van der Waals surface area (Å²) in [6.45, 7) is 7.82. The van der Waals surface area contributed by atoms with Crippen LogP contribution in [0.5, 0.6) is 0 Å². The van der Waals surface area contributed by atoms with E-state index in [0.717, 1.165) is 38.7 Å². The highest BCUT2D eigenvalue weighted by atomic mass is 19.1. The minimum Gasteiger partial charge on any atom is -0.335 e. The molecule has 0 aliphatic rings. The van der Waals surface area contributed by atoms with Crippen molar-refractivity contribution in [3.8, 4) is 22.6 Å². The number of aromatic amines is 2. The van der Waals surface area contributed by atoms with Crippen LogP contribution >= 0.6 is 0 Å². The summed E-state index contributed by atoms with van der Waals surface area (Å²) in [6, 6.07) is 10.3. The molecule has 6 nitrogen and oxygen atoms in total. The van der Waals surface area contributed by atoms with Crippen molar-refractivity contribution < 1.29 is 4.39 Å². The number of aromatic nitrogens is 6. The van der Waals surface area contributed by atoms with Gasteiger partial charge in [0.1, 0.15) is 11.5 Å². The topological polar surface area (TPSA) is 83.1 Å². The van der Waals surface area contributed by atoms with E-state index in [9.17, 15) is 4.39 Å². The smallest absolute Gasteiger partial charge is 0.181 e. The SMILES string of the molecule is C=C/C(C)=C\C(=C/C)c1cnc2n[nH]c(-c3nc4nccc(-c5cccc(F)c5)c4[nH]3)c2c1. The van der Waals surface area contributed by atoms with Gasteiger partial charge in [-0.2, -0.15) is 5.10 Å². The minimum absolute atomic E-state index is 0.295. The van der Waals surface area contributed by atoms with Crippen molar-refractivity contribution in [2.75, 3.05) is 0 Å². The van der Waals surface area contributed by atoms with Crippen LogP contribution in [0.2, 0.25) is 0 Å². The van der Waals surface area contributed by atoms with Crippen LogP contribution in [-0.2, 0) is 0 Å². The molecule has 1 aromatic carbocycles. The Hall–Kier alpha value is -4.39. The van der Waals surface area contributed by atoms with Gasteiger partial charge in [-0.3, -0.25) is 5.10 Å². The Labute approximate surface area is 189 Å². The Bertz CT molecular complexity index is 1570. The molecule has 0 aliphatic heterocycles. The highest BCUT2D eigenvalue weighted by Gasteiger charge is 2.16. The van der Waals surface area contributed by atoms with Gasteiger partial charge in [0, 0.05) is 23.5 Å². The van der Waals surface area contributed by atoms with E-state index in [1.807, 2.05) is 44.2 Å². The number of nitrogens with one attached hydrogen (secondary N) is 2. The molecule has 0 amide bonds. The summed E-state index contributed by atoms with van der Waals surface area (Å²) in [4.78, 5) is 16.9. The first-order valence-corrected chi connectivity index (χ1v) is 10.5. The minimum atomic E-state index is -0.295. The average Bonchev–Trinajstić information content (AvgIpc) is 3.45. The number of imidazole rings is 1. The highest BCUT2D eigenvalue weighted by molar-refractivity contribution is 5.96. The molecule has 0 bridgehead atoms. The normalized spacial score (nSPS) is 12.6. The Kier molecular flexibility index (Phi) is 5.14. The maximum Gasteiger partial charge on any atom is 0.181 e. The molecule has 5 aromatic rings. The number of hydrogen-bond acceptors (Lipinski definition) is 4. The van der Waals surface area contributed by atoms with Crippen LogP contribution in [0.1, 0.15) is 19.4 Å². The molecule has 33 heavy (non-hydrogen) atoms. The lowest BCUT2D eigenvalue weighted by atomic mass is 10.0. The molecule has 0 radical (unpaired) electrons. The monoisotopic (exact) mass is 436 g/mol. The fraction of sp³-hybridized carbons (Fsp3) is 0.0769. The quantitative estimate of drug-likeness (QED) is 0.320. The fourth-order valence-corrected chi connectivity index (χ4v) is 3.80. The maximum atomic E-state index is 13.8. The number of H-pyrrole nitrogens is 2. The van der Waals surface area contributed by atoms with E-state index in [0.29, 0.717) is 22.8 Å². The molecule has 0 saturated carbocycles. The molecule has 0 fully saturated rings. The van der Waals surface area contributed by atoms with Crippen LogP contribution in [0.15, 0.2) is 79.2 Å². The highest BCUT2D eigenvalue weighted by Crippen LogP contribution is 2.31. The molecule has 0 saturated heterocycles. The number of hydrogen-bond donors (Lipinski definition) is 2. The van der Waals surface area contributed by atoms with Gasteiger partial charge < -0.3 is 4.98 Å². The van der Waals surface area contributed by atoms with E-state index in [1.165, 1.54) is 12.1 Å². The molecule has 7 heteroatoms. The maximum absolute atomic E-state index is 13.8. The third-order valence-corrected chi connectivity index (χ3v) is 5.52. The lowest BCUT2D eigenvalue weighted by Gasteiger charge is -2.04. The number of allylic oxidation sites excluding steroid dienone is 5. The molecule has 4 aromatic heterocycles. The van der Waals surface area contributed by atoms with Gasteiger partial charge >= 0.3 is 0 Å². The van der Waals surface area contributed by atoms with Crippen molar-refractivity contribution in [3.05, 3.63) is 90.6 Å². The van der Waals surface area contributed by atoms with Crippen molar-refractivity contribution in [3.63, 3.8) is 0 Å². The zero-order valence-corrected chi connectivity index (χ0v) is 18.2. The fourth-order valence-electron chi connectivity index (χ4n) is 3.80. The van der Waals surface area contributed by atoms with E-state index in [2.05, 4.69) is 42.8 Å². The van der Waals surface area contributed by atoms with Gasteiger partial charge in [0.05, 0.1) is 10.9 Å². The van der Waals surface area contributed by atoms with Crippen LogP contribution in [0.25, 0.3) is 50.4 Å². The zero-order valence-electron chi connectivity index (χ0n) is 18.2. The molecule has 0 spiro atoms. The van der Waals surface area contributed by atoms with Gasteiger partial charge in [-0.15, -0.1) is 0 Å². The molecule has 4 heterocycles. The third kappa shape index (κ3) is 3.74. The summed E-state index contributed by atoms with van der Waals surface area (Å²) in [5.74, 6) is 0.290. The summed E-state index contributed by atoms with van der Waals surface area (Å²) >= 11 is 0. The van der Waals surface area contributed by atoms with Crippen molar-refractivity contribution in [2.24, 2.45) is 0 Å². The summed E-state index contributed by atoms with van der Waals surface area (Å²) < 4.78 is 13.8. The first kappa shape index (κ1) is 20.5. The van der Waals surface area contributed by atoms with Crippen LogP contribution < -0.4 is 0 Å². The van der Waals surface area contributed by atoms with Crippen molar-refractivity contribution >= 4 is 27.8 Å². The van der Waals surface area contributed by atoms with Gasteiger partial charge in [-0.05, 0) is 49.2 Å². The molecule has 162 valence electrons. The van der Waals surface area contributed by atoms with Gasteiger partial charge in [0.15, 0.2) is 17.1 Å². The first-order chi connectivity index (χ1) is 16.1. The molecular formula is C26H21FN6. The van der Waals surface area contributed by atoms with E-state index in [1.54, 1.807) is 18.5 Å². The Balaban J connectivity index is 1.64. The van der Waals surface area contributed by atoms with Crippen molar-refractivity contribution in [1.29, 1.82) is 0 Å². The van der Waals surface area contributed by atoms with Gasteiger partial charge in [0.25, 0.3) is 0 Å². The third-order valence-electron chi connectivity index (χ3n) is 5.52. The molecule has 0 unspecified atom stereocenters. The average molecular weight is 436 g/mol. The number of rotatable bonds is 5. The molecule has 5 rings (SSSR count). The Morgan fingerprint density at radius 3 is 2.79 bits per heavy atom. The Morgan fingerprint density at radius 1 is 1.12 bits per heavy atom. The number of nitrogens with zero attached hydrogens (tertiary/aromatic N) is 4. The predicted octanol–water partition coefficient (Wildman–Crippen LogP) is 6.24. The van der Waals surface area contributed by atoms with Crippen molar-refractivity contribution in [2.45, 2.75) is 13.8 Å². The van der Waals surface area contributed by atoms with Crippen LogP contribution in [0, 0.1) is 5.82 Å². The molecular weight excluding hydrogens is 415 g/mol. The van der Waals surface area contributed by atoms with E-state index in [4.69, 9.17) is 0 Å². The Morgan fingerprint density at radius 2 is 2.00 bits per heavy atom. The second-order valence-corrected chi connectivity index (χ2v) is 7.68. The van der Waals surface area contributed by atoms with Crippen molar-refractivity contribution in [1.82, 2.24) is 30.1 Å². The number of benzene rings is 1. The van der Waals surface area contributed by atoms with Gasteiger partial charge in [0.2, 0.25) is 0 Å². The molecule has 2 N–H and O–H groups in total. The standard InChI is InChI=1S/C26H21FN6/c1-4-15(3)11-16(5-2)18-13-21-23(32-33-24(21)29-14-18)26-30-22-20(9-10-28-25(22)31-26)17-7-6-8-19(27)12-17/h4-14H,1H2,2-3H3,(H,28,30,31)(H,29,32,33)/b15-11-,16-5+. The van der Waals surface area contributed by atoms with Gasteiger partial charge in [-0.1, -0.05) is 42.5 Å². The first-order valence-electron chi connectivity index (χ1n) is 10.5. The summed E-state index contributed by atoms with van der Waals surface area (Å²) in [6.07, 6.45) is 9.39. The lowest BCUT2D eigenvalue weighted by Crippen LogP contribution is -1.87. The molecule has 0 aliphatic carbocycles. The van der Waals surface area contributed by atoms with Crippen LogP contribution in [-0.4, -0.2) is 30.1 Å². The van der Waals surface area contributed by atoms with E-state index in [-0.39, 0.29) is 5.82 Å².